The van der Waals surface area contributed by atoms with Gasteiger partial charge >= 0.3 is 12.4 Å². The van der Waals surface area contributed by atoms with E-state index in [1.165, 1.54) is 12.4 Å². The molecule has 64 heavy (non-hydrogen) atoms. The van der Waals surface area contributed by atoms with Gasteiger partial charge in [0.25, 0.3) is 0 Å². The Kier molecular flexibility index (Phi) is 13.8. The number of piperidine rings is 2. The highest BCUT2D eigenvalue weighted by Crippen LogP contribution is 2.38. The van der Waals surface area contributed by atoms with Crippen LogP contribution in [0, 0.1) is 0 Å². The summed E-state index contributed by atoms with van der Waals surface area (Å²) in [6.07, 6.45) is -2.83. The number of pyridine rings is 3. The SMILES string of the molecule is FC(F)(F)c1cc(COCC2(c3ccccc3)CCNCC2)nc(-c2ccc(OCc3ccc(C4(COCc5cc(C(F)(F)F)cc(-c6ccncc6)n5)CCNCC4)cc3)cc2)c1. The van der Waals surface area contributed by atoms with Gasteiger partial charge in [-0.1, -0.05) is 54.6 Å². The fourth-order valence-corrected chi connectivity index (χ4v) is 8.65. The van der Waals surface area contributed by atoms with E-state index in [9.17, 15) is 26.3 Å². The van der Waals surface area contributed by atoms with Crippen molar-refractivity contribution in [2.75, 3.05) is 39.4 Å². The zero-order chi connectivity index (χ0) is 44.6. The Hall–Kier alpha value is -5.67. The molecule has 5 heterocycles. The standard InChI is InChI=1S/C50H49F6N5O3/c51-49(52,53)40-26-42(31-62-33-47(16-22-58-23-17-47)38-4-2-1-3-5-38)60-45(28-40)36-8-12-44(13-9-36)64-30-35-6-10-39(11-7-35)48(18-24-59-25-19-48)34-63-32-43-27-41(50(54,55)56)29-46(61-43)37-14-20-57-21-15-37/h1-15,20-21,26-29,58-59H,16-19,22-25,30-34H2. The van der Waals surface area contributed by atoms with Crippen LogP contribution in [-0.4, -0.2) is 54.3 Å². The first kappa shape index (κ1) is 44.9. The lowest BCUT2D eigenvalue weighted by Crippen LogP contribution is -2.43. The van der Waals surface area contributed by atoms with Crippen molar-refractivity contribution in [3.63, 3.8) is 0 Å². The smallest absolute Gasteiger partial charge is 0.416 e. The predicted molar refractivity (Wildman–Crippen MR) is 231 cm³/mol. The summed E-state index contributed by atoms with van der Waals surface area (Å²) in [5, 5.41) is 6.78. The molecule has 3 aromatic carbocycles. The summed E-state index contributed by atoms with van der Waals surface area (Å²) in [7, 11) is 0. The lowest BCUT2D eigenvalue weighted by molar-refractivity contribution is -0.138. The van der Waals surface area contributed by atoms with Crippen molar-refractivity contribution in [3.05, 3.63) is 167 Å². The van der Waals surface area contributed by atoms with E-state index < -0.39 is 23.5 Å². The number of rotatable bonds is 15. The summed E-state index contributed by atoms with van der Waals surface area (Å²) in [6, 6.07) is 32.4. The van der Waals surface area contributed by atoms with Crippen molar-refractivity contribution in [3.8, 4) is 28.3 Å². The molecule has 0 unspecified atom stereocenters. The van der Waals surface area contributed by atoms with Gasteiger partial charge in [-0.05, 0) is 129 Å². The van der Waals surface area contributed by atoms with Crippen LogP contribution in [0.15, 0.2) is 128 Å². The Bertz CT molecular complexity index is 2440. The van der Waals surface area contributed by atoms with E-state index in [1.54, 1.807) is 36.4 Å². The van der Waals surface area contributed by atoms with Gasteiger partial charge in [0.2, 0.25) is 0 Å². The minimum absolute atomic E-state index is 0.0599. The fraction of sp³-hybridized carbons (Fsp3) is 0.340. The average molecular weight is 882 g/mol. The Morgan fingerprint density at radius 1 is 0.516 bits per heavy atom. The van der Waals surface area contributed by atoms with Gasteiger partial charge in [-0.3, -0.25) is 15.0 Å². The first-order valence-corrected chi connectivity index (χ1v) is 21.4. The third-order valence-electron chi connectivity index (χ3n) is 12.3. The van der Waals surface area contributed by atoms with Gasteiger partial charge in [0.15, 0.2) is 0 Å². The monoisotopic (exact) mass is 881 g/mol. The Morgan fingerprint density at radius 3 is 1.47 bits per heavy atom. The summed E-state index contributed by atoms with van der Waals surface area (Å²) >= 11 is 0. The molecule has 0 aliphatic carbocycles. The van der Waals surface area contributed by atoms with E-state index in [0.717, 1.165) is 92.8 Å². The van der Waals surface area contributed by atoms with Gasteiger partial charge in [0.05, 0.1) is 60.3 Å². The maximum absolute atomic E-state index is 14.1. The van der Waals surface area contributed by atoms with Crippen molar-refractivity contribution < 1.29 is 40.6 Å². The van der Waals surface area contributed by atoms with E-state index >= 15 is 0 Å². The van der Waals surface area contributed by atoms with E-state index in [2.05, 4.69) is 37.7 Å². The fourth-order valence-electron chi connectivity index (χ4n) is 8.65. The molecule has 334 valence electrons. The quantitative estimate of drug-likeness (QED) is 0.0986. The van der Waals surface area contributed by atoms with Crippen LogP contribution in [0.2, 0.25) is 0 Å². The van der Waals surface area contributed by atoms with Gasteiger partial charge in [-0.15, -0.1) is 0 Å². The van der Waals surface area contributed by atoms with Gasteiger partial charge < -0.3 is 24.8 Å². The van der Waals surface area contributed by atoms with Crippen LogP contribution in [0.5, 0.6) is 5.75 Å². The van der Waals surface area contributed by atoms with E-state index in [1.807, 2.05) is 42.5 Å². The highest BCUT2D eigenvalue weighted by atomic mass is 19.4. The molecule has 2 N–H and O–H groups in total. The third-order valence-corrected chi connectivity index (χ3v) is 12.3. The number of aromatic nitrogens is 3. The van der Waals surface area contributed by atoms with E-state index in [4.69, 9.17) is 14.2 Å². The number of halogens is 6. The molecular weight excluding hydrogens is 833 g/mol. The topological polar surface area (TPSA) is 90.4 Å². The molecule has 0 radical (unpaired) electrons. The van der Waals surface area contributed by atoms with Crippen LogP contribution < -0.4 is 15.4 Å². The molecule has 2 aliphatic rings. The molecule has 0 bridgehead atoms. The van der Waals surface area contributed by atoms with Crippen molar-refractivity contribution in [1.29, 1.82) is 0 Å². The maximum atomic E-state index is 14.1. The molecule has 0 spiro atoms. The summed E-state index contributed by atoms with van der Waals surface area (Å²) in [4.78, 5) is 13.0. The minimum atomic E-state index is -4.57. The minimum Gasteiger partial charge on any atom is -0.489 e. The van der Waals surface area contributed by atoms with E-state index in [-0.39, 0.29) is 53.4 Å². The normalized spacial score (nSPS) is 16.3. The van der Waals surface area contributed by atoms with Gasteiger partial charge in [0, 0.05) is 34.4 Å². The van der Waals surface area contributed by atoms with Crippen LogP contribution in [0.1, 0.15) is 64.9 Å². The second-order valence-electron chi connectivity index (χ2n) is 16.6. The van der Waals surface area contributed by atoms with Crippen LogP contribution in [0.4, 0.5) is 26.3 Å². The van der Waals surface area contributed by atoms with Gasteiger partial charge in [-0.25, -0.2) is 0 Å². The number of nitrogens with zero attached hydrogens (tertiary/aromatic N) is 3. The number of hydrogen-bond donors (Lipinski definition) is 2. The molecule has 6 aromatic rings. The molecule has 0 saturated carbocycles. The lowest BCUT2D eigenvalue weighted by Gasteiger charge is -2.38. The predicted octanol–water partition coefficient (Wildman–Crippen LogP) is 10.5. The van der Waals surface area contributed by atoms with Crippen LogP contribution >= 0.6 is 0 Å². The lowest BCUT2D eigenvalue weighted by atomic mass is 9.73. The zero-order valence-corrected chi connectivity index (χ0v) is 35.2. The number of alkyl halides is 6. The molecule has 3 aromatic heterocycles. The molecule has 14 heteroatoms. The van der Waals surface area contributed by atoms with Gasteiger partial charge in [-0.2, -0.15) is 26.3 Å². The molecule has 2 saturated heterocycles. The van der Waals surface area contributed by atoms with Crippen molar-refractivity contribution >= 4 is 0 Å². The van der Waals surface area contributed by atoms with Crippen molar-refractivity contribution in [2.45, 2.75) is 68.7 Å². The highest BCUT2D eigenvalue weighted by Gasteiger charge is 2.37. The Balaban J connectivity index is 0.902. The van der Waals surface area contributed by atoms with Crippen LogP contribution in [-0.2, 0) is 52.5 Å². The second kappa shape index (κ2) is 19.6. The molecule has 8 rings (SSSR count). The molecule has 0 atom stereocenters. The van der Waals surface area contributed by atoms with Crippen LogP contribution in [0.3, 0.4) is 0 Å². The highest BCUT2D eigenvalue weighted by molar-refractivity contribution is 5.62. The van der Waals surface area contributed by atoms with E-state index in [0.29, 0.717) is 30.1 Å². The molecule has 8 nitrogen and oxygen atoms in total. The molecule has 2 aliphatic heterocycles. The number of ether oxygens (including phenoxy) is 3. The number of hydrogen-bond acceptors (Lipinski definition) is 8. The molecular formula is C50H49F6N5O3. The van der Waals surface area contributed by atoms with Crippen LogP contribution in [0.25, 0.3) is 22.5 Å². The first-order chi connectivity index (χ1) is 30.9. The van der Waals surface area contributed by atoms with Crippen molar-refractivity contribution in [2.24, 2.45) is 0 Å². The summed E-state index contributed by atoms with van der Waals surface area (Å²) in [5.74, 6) is 0.537. The average Bonchev–Trinajstić information content (AvgIpc) is 3.31. The Morgan fingerprint density at radius 2 is 0.984 bits per heavy atom. The number of nitrogens with one attached hydrogen (secondary N) is 2. The zero-order valence-electron chi connectivity index (χ0n) is 35.2. The van der Waals surface area contributed by atoms with Gasteiger partial charge in [0.1, 0.15) is 12.4 Å². The summed E-state index contributed by atoms with van der Waals surface area (Å²) < 4.78 is 102. The maximum Gasteiger partial charge on any atom is 0.416 e. The molecule has 0 amide bonds. The first-order valence-electron chi connectivity index (χ1n) is 21.4. The summed E-state index contributed by atoms with van der Waals surface area (Å²) in [6.45, 7) is 3.94. The largest absolute Gasteiger partial charge is 0.489 e. The van der Waals surface area contributed by atoms with Crippen molar-refractivity contribution in [1.82, 2.24) is 25.6 Å². The molecule has 2 fully saturated rings. The second-order valence-corrected chi connectivity index (χ2v) is 16.6. The third kappa shape index (κ3) is 11.0. The number of benzene rings is 3. The Labute approximate surface area is 368 Å². The summed E-state index contributed by atoms with van der Waals surface area (Å²) in [5.41, 5.74) is 2.75.